The molecule has 10 heavy (non-hydrogen) atoms. The van der Waals surface area contributed by atoms with E-state index < -0.39 is 5.97 Å². The molecule has 0 aromatic rings. The van der Waals surface area contributed by atoms with Gasteiger partial charge in [-0.2, -0.15) is 0 Å². The predicted molar refractivity (Wildman–Crippen MR) is 40.8 cm³/mol. The van der Waals surface area contributed by atoms with Gasteiger partial charge < -0.3 is 5.11 Å². The van der Waals surface area contributed by atoms with Gasteiger partial charge in [0, 0.05) is 5.57 Å². The quantitative estimate of drug-likeness (QED) is 0.479. The Labute approximate surface area is 60.9 Å². The molecule has 0 saturated carbocycles. The number of carbonyl (C=O) groups is 1. The SMILES string of the molecule is C=CCC/C(=C\C)C(=O)O. The lowest BCUT2D eigenvalue weighted by molar-refractivity contribution is -0.132. The van der Waals surface area contributed by atoms with Gasteiger partial charge in [0.1, 0.15) is 0 Å². The zero-order valence-corrected chi connectivity index (χ0v) is 6.13. The molecular formula is C8H12O2. The van der Waals surface area contributed by atoms with Crippen molar-refractivity contribution in [3.05, 3.63) is 24.3 Å². The fraction of sp³-hybridized carbons (Fsp3) is 0.375. The van der Waals surface area contributed by atoms with Crippen molar-refractivity contribution in [2.24, 2.45) is 0 Å². The first-order valence-electron chi connectivity index (χ1n) is 3.21. The van der Waals surface area contributed by atoms with Crippen LogP contribution in [0, 0.1) is 0 Å². The van der Waals surface area contributed by atoms with Crippen LogP contribution in [0.15, 0.2) is 24.3 Å². The Hall–Kier alpha value is -1.05. The fourth-order valence-corrected chi connectivity index (χ4v) is 0.632. The first-order valence-corrected chi connectivity index (χ1v) is 3.21. The van der Waals surface area contributed by atoms with Crippen LogP contribution >= 0.6 is 0 Å². The van der Waals surface area contributed by atoms with E-state index in [4.69, 9.17) is 5.11 Å². The van der Waals surface area contributed by atoms with Crippen LogP contribution in [-0.4, -0.2) is 11.1 Å². The largest absolute Gasteiger partial charge is 0.478 e. The Morgan fingerprint density at radius 1 is 1.70 bits per heavy atom. The van der Waals surface area contributed by atoms with E-state index in [1.165, 1.54) is 0 Å². The lowest BCUT2D eigenvalue weighted by Crippen LogP contribution is -1.99. The molecule has 0 atom stereocenters. The Morgan fingerprint density at radius 2 is 2.30 bits per heavy atom. The number of aliphatic carboxylic acids is 1. The van der Waals surface area contributed by atoms with Gasteiger partial charge in [-0.05, 0) is 19.8 Å². The molecule has 0 aliphatic carbocycles. The third kappa shape index (κ3) is 3.07. The third-order valence-electron chi connectivity index (χ3n) is 1.24. The van der Waals surface area contributed by atoms with Crippen LogP contribution in [0.1, 0.15) is 19.8 Å². The summed E-state index contributed by atoms with van der Waals surface area (Å²) >= 11 is 0. The third-order valence-corrected chi connectivity index (χ3v) is 1.24. The molecule has 0 spiro atoms. The molecule has 0 heterocycles. The number of carboxylic acids is 1. The zero-order chi connectivity index (χ0) is 7.98. The predicted octanol–water partition coefficient (Wildman–Crippen LogP) is 1.98. The van der Waals surface area contributed by atoms with Crippen LogP contribution in [0.25, 0.3) is 0 Å². The van der Waals surface area contributed by atoms with Crippen LogP contribution in [0.4, 0.5) is 0 Å². The summed E-state index contributed by atoms with van der Waals surface area (Å²) in [6.45, 7) is 5.23. The molecule has 0 aromatic heterocycles. The lowest BCUT2D eigenvalue weighted by atomic mass is 10.1. The maximum absolute atomic E-state index is 10.3. The van der Waals surface area contributed by atoms with Crippen molar-refractivity contribution in [2.75, 3.05) is 0 Å². The van der Waals surface area contributed by atoms with Crippen LogP contribution in [0.3, 0.4) is 0 Å². The molecule has 56 valence electrons. The Morgan fingerprint density at radius 3 is 2.60 bits per heavy atom. The molecule has 0 aromatic carbocycles. The van der Waals surface area contributed by atoms with Crippen molar-refractivity contribution < 1.29 is 9.90 Å². The molecule has 0 aliphatic heterocycles. The summed E-state index contributed by atoms with van der Waals surface area (Å²) < 4.78 is 0. The van der Waals surface area contributed by atoms with E-state index >= 15 is 0 Å². The summed E-state index contributed by atoms with van der Waals surface area (Å²) in [6.07, 6.45) is 4.64. The molecule has 0 amide bonds. The molecule has 0 rings (SSSR count). The average Bonchev–Trinajstić information content (AvgIpc) is 1.89. The molecule has 2 nitrogen and oxygen atoms in total. The minimum Gasteiger partial charge on any atom is -0.478 e. The smallest absolute Gasteiger partial charge is 0.331 e. The highest BCUT2D eigenvalue weighted by molar-refractivity contribution is 5.86. The summed E-state index contributed by atoms with van der Waals surface area (Å²) in [5.41, 5.74) is 0.458. The van der Waals surface area contributed by atoms with Crippen molar-refractivity contribution in [1.29, 1.82) is 0 Å². The molecule has 0 saturated heterocycles. The molecule has 0 unspecified atom stereocenters. The van der Waals surface area contributed by atoms with Crippen molar-refractivity contribution in [3.63, 3.8) is 0 Å². The minimum absolute atomic E-state index is 0.458. The van der Waals surface area contributed by atoms with E-state index in [0.717, 1.165) is 6.42 Å². The highest BCUT2D eigenvalue weighted by Gasteiger charge is 2.02. The van der Waals surface area contributed by atoms with E-state index in [0.29, 0.717) is 12.0 Å². The zero-order valence-electron chi connectivity index (χ0n) is 6.13. The van der Waals surface area contributed by atoms with Gasteiger partial charge in [0.05, 0.1) is 0 Å². The van der Waals surface area contributed by atoms with E-state index in [-0.39, 0.29) is 0 Å². The van der Waals surface area contributed by atoms with Gasteiger partial charge in [0.25, 0.3) is 0 Å². The van der Waals surface area contributed by atoms with Gasteiger partial charge in [-0.25, -0.2) is 4.79 Å². The molecule has 0 bridgehead atoms. The van der Waals surface area contributed by atoms with Crippen molar-refractivity contribution in [1.82, 2.24) is 0 Å². The van der Waals surface area contributed by atoms with Crippen molar-refractivity contribution >= 4 is 5.97 Å². The van der Waals surface area contributed by atoms with Gasteiger partial charge in [0.15, 0.2) is 0 Å². The second kappa shape index (κ2) is 4.79. The number of hydrogen-bond donors (Lipinski definition) is 1. The van der Waals surface area contributed by atoms with Gasteiger partial charge in [0.2, 0.25) is 0 Å². The molecular weight excluding hydrogens is 128 g/mol. The summed E-state index contributed by atoms with van der Waals surface area (Å²) in [5, 5.41) is 8.50. The number of rotatable bonds is 4. The Kier molecular flexibility index (Phi) is 4.29. The maximum atomic E-state index is 10.3. The molecule has 0 fully saturated rings. The van der Waals surface area contributed by atoms with E-state index in [2.05, 4.69) is 6.58 Å². The second-order valence-electron chi connectivity index (χ2n) is 1.95. The fourth-order valence-electron chi connectivity index (χ4n) is 0.632. The standard InChI is InChI=1S/C8H12O2/c1-3-5-6-7(4-2)8(9)10/h3-4H,1,5-6H2,2H3,(H,9,10)/b7-4+. The highest BCUT2D eigenvalue weighted by atomic mass is 16.4. The second-order valence-corrected chi connectivity index (χ2v) is 1.95. The minimum atomic E-state index is -0.829. The van der Waals surface area contributed by atoms with Gasteiger partial charge in [-0.3, -0.25) is 0 Å². The van der Waals surface area contributed by atoms with Crippen LogP contribution in [-0.2, 0) is 4.79 Å². The van der Waals surface area contributed by atoms with Crippen LogP contribution < -0.4 is 0 Å². The van der Waals surface area contributed by atoms with Crippen molar-refractivity contribution in [2.45, 2.75) is 19.8 Å². The summed E-state index contributed by atoms with van der Waals surface area (Å²) in [7, 11) is 0. The number of allylic oxidation sites excluding steroid dienone is 2. The van der Waals surface area contributed by atoms with Gasteiger partial charge in [-0.1, -0.05) is 12.2 Å². The lowest BCUT2D eigenvalue weighted by Gasteiger charge is -1.95. The van der Waals surface area contributed by atoms with E-state index in [9.17, 15) is 4.79 Å². The van der Waals surface area contributed by atoms with Crippen molar-refractivity contribution in [3.8, 4) is 0 Å². The number of hydrogen-bond acceptors (Lipinski definition) is 1. The molecule has 2 heteroatoms. The summed E-state index contributed by atoms with van der Waals surface area (Å²) in [5.74, 6) is -0.829. The highest BCUT2D eigenvalue weighted by Crippen LogP contribution is 2.04. The van der Waals surface area contributed by atoms with Crippen LogP contribution in [0.2, 0.25) is 0 Å². The van der Waals surface area contributed by atoms with E-state index in [1.54, 1.807) is 19.1 Å². The normalized spacial score (nSPS) is 11.1. The summed E-state index contributed by atoms with van der Waals surface area (Å²) in [4.78, 5) is 10.3. The monoisotopic (exact) mass is 140 g/mol. The maximum Gasteiger partial charge on any atom is 0.331 e. The Bertz CT molecular complexity index is 157. The summed E-state index contributed by atoms with van der Waals surface area (Å²) in [6, 6.07) is 0. The molecule has 0 aliphatic rings. The molecule has 0 radical (unpaired) electrons. The first-order chi connectivity index (χ1) is 4.72. The number of carboxylic acid groups (broad SMARTS) is 1. The first kappa shape index (κ1) is 8.95. The van der Waals surface area contributed by atoms with Crippen LogP contribution in [0.5, 0.6) is 0 Å². The molecule has 1 N–H and O–H groups in total. The van der Waals surface area contributed by atoms with E-state index in [1.807, 2.05) is 0 Å². The van der Waals surface area contributed by atoms with Gasteiger partial charge in [-0.15, -0.1) is 6.58 Å². The van der Waals surface area contributed by atoms with Gasteiger partial charge >= 0.3 is 5.97 Å². The topological polar surface area (TPSA) is 37.3 Å². The average molecular weight is 140 g/mol. The Balaban J connectivity index is 3.85.